The SMILES string of the molecule is CC(C)CCCCCCCCCCN(C)O. The number of hydrogen-bond acceptors (Lipinski definition) is 2. The molecular formula is C14H31NO. The zero-order valence-electron chi connectivity index (χ0n) is 11.5. The van der Waals surface area contributed by atoms with Crippen LogP contribution in [0.25, 0.3) is 0 Å². The van der Waals surface area contributed by atoms with Crippen LogP contribution in [0, 0.1) is 5.92 Å². The highest BCUT2D eigenvalue weighted by molar-refractivity contribution is 4.50. The van der Waals surface area contributed by atoms with Crippen LogP contribution in [0.4, 0.5) is 0 Å². The van der Waals surface area contributed by atoms with Gasteiger partial charge >= 0.3 is 0 Å². The van der Waals surface area contributed by atoms with Crippen molar-refractivity contribution in [3.05, 3.63) is 0 Å². The molecule has 0 bridgehead atoms. The fourth-order valence-corrected chi connectivity index (χ4v) is 1.95. The smallest absolute Gasteiger partial charge is 0.0235 e. The van der Waals surface area contributed by atoms with E-state index in [1.165, 1.54) is 56.4 Å². The lowest BCUT2D eigenvalue weighted by molar-refractivity contribution is -0.0655. The van der Waals surface area contributed by atoms with Crippen LogP contribution < -0.4 is 0 Å². The fraction of sp³-hybridized carbons (Fsp3) is 1.00. The molecule has 0 aliphatic rings. The van der Waals surface area contributed by atoms with Crippen molar-refractivity contribution in [1.82, 2.24) is 5.06 Å². The molecule has 2 heteroatoms. The summed E-state index contributed by atoms with van der Waals surface area (Å²) in [6, 6.07) is 0. The van der Waals surface area contributed by atoms with Crippen LogP contribution >= 0.6 is 0 Å². The molecule has 0 amide bonds. The lowest BCUT2D eigenvalue weighted by atomic mass is 10.0. The van der Waals surface area contributed by atoms with E-state index < -0.39 is 0 Å². The number of hydroxylamine groups is 2. The molecule has 0 aromatic carbocycles. The fourth-order valence-electron chi connectivity index (χ4n) is 1.95. The molecule has 0 unspecified atom stereocenters. The first-order chi connectivity index (χ1) is 7.63. The van der Waals surface area contributed by atoms with E-state index in [1.807, 2.05) is 0 Å². The van der Waals surface area contributed by atoms with Crippen molar-refractivity contribution in [2.45, 2.75) is 71.6 Å². The molecule has 0 aromatic rings. The topological polar surface area (TPSA) is 23.5 Å². The molecule has 2 nitrogen and oxygen atoms in total. The Labute approximate surface area is 102 Å². The average Bonchev–Trinajstić information content (AvgIpc) is 2.20. The molecule has 0 aromatic heterocycles. The van der Waals surface area contributed by atoms with E-state index in [9.17, 15) is 0 Å². The van der Waals surface area contributed by atoms with Crippen molar-refractivity contribution >= 4 is 0 Å². The van der Waals surface area contributed by atoms with Crippen molar-refractivity contribution in [3.63, 3.8) is 0 Å². The minimum absolute atomic E-state index is 0.814. The molecule has 0 heterocycles. The van der Waals surface area contributed by atoms with E-state index in [0.717, 1.165) is 18.9 Å². The minimum atomic E-state index is 0.814. The van der Waals surface area contributed by atoms with Crippen LogP contribution in [-0.4, -0.2) is 23.9 Å². The van der Waals surface area contributed by atoms with Crippen LogP contribution in [0.15, 0.2) is 0 Å². The van der Waals surface area contributed by atoms with E-state index in [4.69, 9.17) is 5.21 Å². The standard InChI is InChI=1S/C14H31NO/c1-14(2)12-10-8-6-4-5-7-9-11-13-15(3)16/h14,16H,4-13H2,1-3H3. The Hall–Kier alpha value is -0.0800. The molecule has 0 saturated carbocycles. The predicted octanol–water partition coefficient (Wildman–Crippen LogP) is 4.47. The van der Waals surface area contributed by atoms with Crippen molar-refractivity contribution in [2.75, 3.05) is 13.6 Å². The van der Waals surface area contributed by atoms with Crippen molar-refractivity contribution in [1.29, 1.82) is 0 Å². The second-order valence-corrected chi connectivity index (χ2v) is 5.39. The highest BCUT2D eigenvalue weighted by Crippen LogP contribution is 2.12. The molecular weight excluding hydrogens is 198 g/mol. The van der Waals surface area contributed by atoms with Gasteiger partial charge < -0.3 is 5.21 Å². The van der Waals surface area contributed by atoms with Crippen LogP contribution in [0.3, 0.4) is 0 Å². The molecule has 0 rings (SSSR count). The van der Waals surface area contributed by atoms with Gasteiger partial charge in [0.15, 0.2) is 0 Å². The second kappa shape index (κ2) is 11.4. The largest absolute Gasteiger partial charge is 0.314 e. The van der Waals surface area contributed by atoms with Crippen molar-refractivity contribution < 1.29 is 5.21 Å². The van der Waals surface area contributed by atoms with Crippen LogP contribution in [-0.2, 0) is 0 Å². The van der Waals surface area contributed by atoms with Gasteiger partial charge in [0, 0.05) is 13.6 Å². The van der Waals surface area contributed by atoms with E-state index >= 15 is 0 Å². The average molecular weight is 229 g/mol. The molecule has 0 spiro atoms. The molecule has 0 fully saturated rings. The van der Waals surface area contributed by atoms with E-state index in [0.29, 0.717) is 0 Å². The summed E-state index contributed by atoms with van der Waals surface area (Å²) >= 11 is 0. The van der Waals surface area contributed by atoms with Crippen molar-refractivity contribution in [2.24, 2.45) is 5.92 Å². The highest BCUT2D eigenvalue weighted by Gasteiger charge is 1.95. The first kappa shape index (κ1) is 15.9. The van der Waals surface area contributed by atoms with Gasteiger partial charge in [0.05, 0.1) is 0 Å². The van der Waals surface area contributed by atoms with Gasteiger partial charge in [-0.3, -0.25) is 0 Å². The molecule has 0 aliphatic carbocycles. The van der Waals surface area contributed by atoms with Gasteiger partial charge in [-0.25, -0.2) is 0 Å². The Kier molecular flexibility index (Phi) is 11.3. The summed E-state index contributed by atoms with van der Waals surface area (Å²) in [5, 5.41) is 10.2. The Morgan fingerprint density at radius 1 is 0.812 bits per heavy atom. The minimum Gasteiger partial charge on any atom is -0.314 e. The molecule has 16 heavy (non-hydrogen) atoms. The molecule has 0 radical (unpaired) electrons. The number of hydrogen-bond donors (Lipinski definition) is 1. The molecule has 0 saturated heterocycles. The summed E-state index contributed by atoms with van der Waals surface area (Å²) in [5.74, 6) is 0.871. The Bertz CT molecular complexity index is 119. The normalized spacial score (nSPS) is 11.6. The van der Waals surface area contributed by atoms with Gasteiger partial charge in [-0.2, -0.15) is 5.06 Å². The quantitative estimate of drug-likeness (QED) is 0.417. The highest BCUT2D eigenvalue weighted by atomic mass is 16.5. The third-order valence-electron chi connectivity index (χ3n) is 3.01. The monoisotopic (exact) mass is 229 g/mol. The summed E-state index contributed by atoms with van der Waals surface area (Å²) in [4.78, 5) is 0. The number of unbranched alkanes of at least 4 members (excludes halogenated alkanes) is 7. The van der Waals surface area contributed by atoms with Gasteiger partial charge in [-0.1, -0.05) is 65.2 Å². The molecule has 0 aliphatic heterocycles. The first-order valence-corrected chi connectivity index (χ1v) is 7.03. The number of nitrogens with zero attached hydrogens (tertiary/aromatic N) is 1. The number of rotatable bonds is 11. The second-order valence-electron chi connectivity index (χ2n) is 5.39. The lowest BCUT2D eigenvalue weighted by Crippen LogP contribution is -2.13. The first-order valence-electron chi connectivity index (χ1n) is 7.03. The van der Waals surface area contributed by atoms with E-state index in [-0.39, 0.29) is 0 Å². The van der Waals surface area contributed by atoms with Gasteiger partial charge in [0.1, 0.15) is 0 Å². The van der Waals surface area contributed by atoms with Crippen molar-refractivity contribution in [3.8, 4) is 0 Å². The summed E-state index contributed by atoms with van der Waals surface area (Å²) < 4.78 is 0. The van der Waals surface area contributed by atoms with Gasteiger partial charge in [0.25, 0.3) is 0 Å². The maximum atomic E-state index is 8.93. The third kappa shape index (κ3) is 13.9. The summed E-state index contributed by atoms with van der Waals surface area (Å²) in [7, 11) is 1.72. The lowest BCUT2D eigenvalue weighted by Gasteiger charge is -2.07. The molecule has 98 valence electrons. The van der Waals surface area contributed by atoms with Crippen LogP contribution in [0.2, 0.25) is 0 Å². The maximum Gasteiger partial charge on any atom is 0.0235 e. The third-order valence-corrected chi connectivity index (χ3v) is 3.01. The van der Waals surface area contributed by atoms with Crippen LogP contribution in [0.5, 0.6) is 0 Å². The Morgan fingerprint density at radius 2 is 1.25 bits per heavy atom. The van der Waals surface area contributed by atoms with Gasteiger partial charge in [-0.05, 0) is 12.3 Å². The van der Waals surface area contributed by atoms with Gasteiger partial charge in [-0.15, -0.1) is 0 Å². The summed E-state index contributed by atoms with van der Waals surface area (Å²) in [5.41, 5.74) is 0. The summed E-state index contributed by atoms with van der Waals surface area (Å²) in [6.07, 6.45) is 12.1. The van der Waals surface area contributed by atoms with Crippen LogP contribution in [0.1, 0.15) is 71.6 Å². The Balaban J connectivity index is 2.93. The van der Waals surface area contributed by atoms with E-state index in [1.54, 1.807) is 7.05 Å². The van der Waals surface area contributed by atoms with E-state index in [2.05, 4.69) is 13.8 Å². The van der Waals surface area contributed by atoms with Gasteiger partial charge in [0.2, 0.25) is 0 Å². The Morgan fingerprint density at radius 3 is 1.69 bits per heavy atom. The molecule has 1 N–H and O–H groups in total. The zero-order chi connectivity index (χ0) is 12.2. The summed E-state index contributed by atoms with van der Waals surface area (Å²) in [6.45, 7) is 5.42. The molecule has 0 atom stereocenters. The zero-order valence-corrected chi connectivity index (χ0v) is 11.5. The maximum absolute atomic E-state index is 8.93. The predicted molar refractivity (Wildman–Crippen MR) is 70.8 cm³/mol.